The number of halogens is 1. The number of carbonyl (C=O) groups is 1. The summed E-state index contributed by atoms with van der Waals surface area (Å²) >= 11 is 0. The number of benzene rings is 1. The van der Waals surface area contributed by atoms with E-state index in [0.717, 1.165) is 5.56 Å². The molecule has 0 bridgehead atoms. The minimum Gasteiger partial charge on any atom is -0.294 e. The zero-order valence-electron chi connectivity index (χ0n) is 11.2. The zero-order chi connectivity index (χ0) is 14.0. The monoisotopic (exact) mass is 261 g/mol. The topological polar surface area (TPSA) is 47.8 Å². The summed E-state index contributed by atoms with van der Waals surface area (Å²) in [7, 11) is 0. The van der Waals surface area contributed by atoms with Crippen LogP contribution in [0.4, 0.5) is 4.39 Å². The SMILES string of the molecule is Cc1cc(F)cc(C(=O)Cc2ncnn2C(C)C)c1. The first-order chi connectivity index (χ1) is 8.97. The Hall–Kier alpha value is -2.04. The molecule has 0 saturated heterocycles. The van der Waals surface area contributed by atoms with Gasteiger partial charge in [0.15, 0.2) is 5.78 Å². The van der Waals surface area contributed by atoms with E-state index in [1.165, 1.54) is 18.5 Å². The number of hydrogen-bond donors (Lipinski definition) is 0. The van der Waals surface area contributed by atoms with Crippen LogP contribution in [0.2, 0.25) is 0 Å². The molecule has 2 aromatic rings. The van der Waals surface area contributed by atoms with Gasteiger partial charge in [0.25, 0.3) is 0 Å². The third-order valence-electron chi connectivity index (χ3n) is 2.82. The van der Waals surface area contributed by atoms with Gasteiger partial charge in [0, 0.05) is 11.6 Å². The molecule has 0 N–H and O–H groups in total. The smallest absolute Gasteiger partial charge is 0.170 e. The Balaban J connectivity index is 2.23. The van der Waals surface area contributed by atoms with E-state index in [9.17, 15) is 9.18 Å². The van der Waals surface area contributed by atoms with Crippen molar-refractivity contribution in [3.8, 4) is 0 Å². The second-order valence-electron chi connectivity index (χ2n) is 4.83. The number of nitrogens with zero attached hydrogens (tertiary/aromatic N) is 3. The molecule has 0 spiro atoms. The van der Waals surface area contributed by atoms with Crippen LogP contribution >= 0.6 is 0 Å². The number of ketones is 1. The highest BCUT2D eigenvalue weighted by Gasteiger charge is 2.14. The highest BCUT2D eigenvalue weighted by molar-refractivity contribution is 5.97. The third-order valence-corrected chi connectivity index (χ3v) is 2.82. The molecular weight excluding hydrogens is 245 g/mol. The van der Waals surface area contributed by atoms with Gasteiger partial charge in [0.1, 0.15) is 18.0 Å². The Morgan fingerprint density at radius 1 is 1.37 bits per heavy atom. The van der Waals surface area contributed by atoms with Crippen LogP contribution in [0.1, 0.15) is 41.6 Å². The van der Waals surface area contributed by atoms with Crippen LogP contribution < -0.4 is 0 Å². The van der Waals surface area contributed by atoms with Crippen molar-refractivity contribution < 1.29 is 9.18 Å². The van der Waals surface area contributed by atoms with Gasteiger partial charge >= 0.3 is 0 Å². The maximum atomic E-state index is 13.3. The fourth-order valence-corrected chi connectivity index (χ4v) is 1.97. The largest absolute Gasteiger partial charge is 0.294 e. The molecule has 0 aliphatic rings. The molecule has 1 aromatic heterocycles. The van der Waals surface area contributed by atoms with Gasteiger partial charge in [0.05, 0.1) is 6.42 Å². The minimum absolute atomic E-state index is 0.126. The molecule has 0 saturated carbocycles. The minimum atomic E-state index is -0.395. The van der Waals surface area contributed by atoms with Crippen LogP contribution in [0.25, 0.3) is 0 Å². The van der Waals surface area contributed by atoms with Gasteiger partial charge in [-0.1, -0.05) is 0 Å². The first-order valence-corrected chi connectivity index (χ1v) is 6.16. The Bertz CT molecular complexity index is 584. The average Bonchev–Trinajstić information content (AvgIpc) is 2.75. The molecule has 0 fully saturated rings. The van der Waals surface area contributed by atoms with Gasteiger partial charge in [-0.05, 0) is 44.5 Å². The van der Waals surface area contributed by atoms with Crippen LogP contribution in [-0.2, 0) is 6.42 Å². The fourth-order valence-electron chi connectivity index (χ4n) is 1.97. The van der Waals surface area contributed by atoms with E-state index in [1.54, 1.807) is 17.7 Å². The van der Waals surface area contributed by atoms with Crippen LogP contribution in [0.5, 0.6) is 0 Å². The molecule has 0 unspecified atom stereocenters. The molecule has 4 nitrogen and oxygen atoms in total. The second-order valence-corrected chi connectivity index (χ2v) is 4.83. The van der Waals surface area contributed by atoms with E-state index >= 15 is 0 Å². The first kappa shape index (κ1) is 13.4. The van der Waals surface area contributed by atoms with Crippen LogP contribution in [0.3, 0.4) is 0 Å². The lowest BCUT2D eigenvalue weighted by molar-refractivity contribution is 0.0988. The van der Waals surface area contributed by atoms with Gasteiger partial charge in [-0.3, -0.25) is 4.79 Å². The summed E-state index contributed by atoms with van der Waals surface area (Å²) in [6.07, 6.45) is 1.56. The second kappa shape index (κ2) is 5.30. The number of hydrogen-bond acceptors (Lipinski definition) is 3. The molecule has 0 aliphatic carbocycles. The highest BCUT2D eigenvalue weighted by Crippen LogP contribution is 2.13. The predicted octanol–water partition coefficient (Wildman–Crippen LogP) is 2.73. The predicted molar refractivity (Wildman–Crippen MR) is 69.6 cm³/mol. The molecule has 0 amide bonds. The Labute approximate surface area is 111 Å². The summed E-state index contributed by atoms with van der Waals surface area (Å²) in [5.41, 5.74) is 1.10. The lowest BCUT2D eigenvalue weighted by Gasteiger charge is -2.09. The van der Waals surface area contributed by atoms with Crippen molar-refractivity contribution in [2.45, 2.75) is 33.2 Å². The van der Waals surface area contributed by atoms with E-state index in [0.29, 0.717) is 11.4 Å². The van der Waals surface area contributed by atoms with Crippen molar-refractivity contribution in [2.24, 2.45) is 0 Å². The maximum absolute atomic E-state index is 13.3. The molecule has 0 radical (unpaired) electrons. The normalized spacial score (nSPS) is 11.0. The van der Waals surface area contributed by atoms with Gasteiger partial charge in [0.2, 0.25) is 0 Å². The molecule has 0 atom stereocenters. The Kier molecular flexibility index (Phi) is 3.74. The van der Waals surface area contributed by atoms with Crippen LogP contribution in [-0.4, -0.2) is 20.5 Å². The molecule has 1 heterocycles. The van der Waals surface area contributed by atoms with Crippen molar-refractivity contribution in [3.63, 3.8) is 0 Å². The van der Waals surface area contributed by atoms with E-state index in [1.807, 2.05) is 13.8 Å². The highest BCUT2D eigenvalue weighted by atomic mass is 19.1. The van der Waals surface area contributed by atoms with Crippen molar-refractivity contribution in [1.82, 2.24) is 14.8 Å². The maximum Gasteiger partial charge on any atom is 0.170 e. The van der Waals surface area contributed by atoms with E-state index in [2.05, 4.69) is 10.1 Å². The number of Topliss-reactive ketones (excluding diaryl/α,β-unsaturated/α-hetero) is 1. The van der Waals surface area contributed by atoms with E-state index in [4.69, 9.17) is 0 Å². The van der Waals surface area contributed by atoms with Gasteiger partial charge in [-0.2, -0.15) is 5.10 Å². The van der Waals surface area contributed by atoms with Gasteiger partial charge < -0.3 is 0 Å². The summed E-state index contributed by atoms with van der Waals surface area (Å²) < 4.78 is 15.0. The molecule has 2 rings (SSSR count). The quantitative estimate of drug-likeness (QED) is 0.795. The molecular formula is C14H16FN3O. The fraction of sp³-hybridized carbons (Fsp3) is 0.357. The van der Waals surface area contributed by atoms with E-state index < -0.39 is 5.82 Å². The number of rotatable bonds is 4. The lowest BCUT2D eigenvalue weighted by atomic mass is 10.1. The lowest BCUT2D eigenvalue weighted by Crippen LogP contribution is -2.13. The average molecular weight is 261 g/mol. The standard InChI is InChI=1S/C14H16FN3O/c1-9(2)18-14(16-8-17-18)7-13(19)11-4-10(3)5-12(15)6-11/h4-6,8-9H,7H2,1-3H3. The molecule has 1 aromatic carbocycles. The summed E-state index contributed by atoms with van der Waals surface area (Å²) in [5, 5.41) is 4.08. The first-order valence-electron chi connectivity index (χ1n) is 6.16. The molecule has 5 heteroatoms. The molecule has 19 heavy (non-hydrogen) atoms. The van der Waals surface area contributed by atoms with Crippen LogP contribution in [0.15, 0.2) is 24.5 Å². The van der Waals surface area contributed by atoms with E-state index in [-0.39, 0.29) is 18.2 Å². The van der Waals surface area contributed by atoms with Crippen LogP contribution in [0, 0.1) is 12.7 Å². The molecule has 0 aliphatic heterocycles. The Morgan fingerprint density at radius 2 is 2.11 bits per heavy atom. The molecule has 100 valence electrons. The van der Waals surface area contributed by atoms with Crippen molar-refractivity contribution >= 4 is 5.78 Å². The van der Waals surface area contributed by atoms with Gasteiger partial charge in [-0.15, -0.1) is 0 Å². The number of aromatic nitrogens is 3. The number of carbonyl (C=O) groups excluding carboxylic acids is 1. The Morgan fingerprint density at radius 3 is 2.74 bits per heavy atom. The van der Waals surface area contributed by atoms with Crippen molar-refractivity contribution in [2.75, 3.05) is 0 Å². The summed E-state index contributed by atoms with van der Waals surface area (Å²) in [4.78, 5) is 16.2. The number of aryl methyl sites for hydroxylation is 1. The van der Waals surface area contributed by atoms with Gasteiger partial charge in [-0.25, -0.2) is 14.1 Å². The van der Waals surface area contributed by atoms with Crippen molar-refractivity contribution in [3.05, 3.63) is 47.3 Å². The van der Waals surface area contributed by atoms with Crippen molar-refractivity contribution in [1.29, 1.82) is 0 Å². The zero-order valence-corrected chi connectivity index (χ0v) is 11.2. The summed E-state index contributed by atoms with van der Waals surface area (Å²) in [5.74, 6) is 0.0492. The summed E-state index contributed by atoms with van der Waals surface area (Å²) in [6.45, 7) is 5.69. The third kappa shape index (κ3) is 3.05. The summed E-state index contributed by atoms with van der Waals surface area (Å²) in [6, 6.07) is 4.47.